The Balaban J connectivity index is 1.94. The Kier molecular flexibility index (Phi) is 3.78. The van der Waals surface area contributed by atoms with Crippen LogP contribution in [-0.4, -0.2) is 29.1 Å². The number of ether oxygens (including phenoxy) is 1. The van der Waals surface area contributed by atoms with Crippen LogP contribution in [0.4, 0.5) is 5.69 Å². The van der Waals surface area contributed by atoms with Crippen molar-refractivity contribution in [2.24, 2.45) is 0 Å². The predicted octanol–water partition coefficient (Wildman–Crippen LogP) is 1.29. The molecular formula is C12H16N4O2. The van der Waals surface area contributed by atoms with E-state index in [0.717, 1.165) is 0 Å². The smallest absolute Gasteiger partial charge is 0.264 e. The van der Waals surface area contributed by atoms with E-state index >= 15 is 0 Å². The number of nitrogen functional groups attached to an aromatic ring is 1. The lowest BCUT2D eigenvalue weighted by Gasteiger charge is -2.05. The molecule has 0 atom stereocenters. The number of para-hydroxylation sites is 2. The van der Waals surface area contributed by atoms with Gasteiger partial charge in [0.1, 0.15) is 5.75 Å². The van der Waals surface area contributed by atoms with E-state index in [1.54, 1.807) is 12.1 Å². The lowest BCUT2D eigenvalue weighted by molar-refractivity contribution is 0.243. The minimum atomic E-state index is 0.217. The zero-order valence-electron chi connectivity index (χ0n) is 10.5. The van der Waals surface area contributed by atoms with Crippen molar-refractivity contribution in [2.75, 3.05) is 19.8 Å². The molecule has 0 radical (unpaired) electrons. The van der Waals surface area contributed by atoms with Crippen LogP contribution in [0.25, 0.3) is 0 Å². The minimum absolute atomic E-state index is 0.217. The zero-order valence-corrected chi connectivity index (χ0v) is 10.5. The van der Waals surface area contributed by atoms with Gasteiger partial charge in [0.05, 0.1) is 12.2 Å². The highest BCUT2D eigenvalue weighted by Crippen LogP contribution is 2.20. The van der Waals surface area contributed by atoms with Crippen LogP contribution < -0.4 is 10.5 Å². The lowest BCUT2D eigenvalue weighted by atomic mass is 10.3. The second-order valence-corrected chi connectivity index (χ2v) is 4.17. The van der Waals surface area contributed by atoms with Crippen molar-refractivity contribution >= 4 is 5.69 Å². The molecule has 0 aliphatic rings. The summed E-state index contributed by atoms with van der Waals surface area (Å²) in [5.74, 6) is 1.69. The van der Waals surface area contributed by atoms with Crippen LogP contribution in [-0.2, 0) is 13.2 Å². The largest absolute Gasteiger partial charge is 0.482 e. The highest BCUT2D eigenvalue weighted by molar-refractivity contribution is 5.51. The molecule has 0 fully saturated rings. The van der Waals surface area contributed by atoms with Gasteiger partial charge in [-0.3, -0.25) is 0 Å². The Labute approximate surface area is 105 Å². The van der Waals surface area contributed by atoms with Crippen molar-refractivity contribution in [3.63, 3.8) is 0 Å². The topological polar surface area (TPSA) is 77.4 Å². The first-order chi connectivity index (χ1) is 8.65. The van der Waals surface area contributed by atoms with Crippen LogP contribution in [0.1, 0.15) is 11.7 Å². The summed E-state index contributed by atoms with van der Waals surface area (Å²) in [6, 6.07) is 7.29. The molecule has 0 aliphatic heterocycles. The van der Waals surface area contributed by atoms with Gasteiger partial charge in [-0.1, -0.05) is 17.3 Å². The number of hydrogen-bond donors (Lipinski definition) is 1. The summed E-state index contributed by atoms with van der Waals surface area (Å²) in [7, 11) is 3.88. The maximum atomic E-state index is 5.76. The Hall–Kier alpha value is -2.08. The summed E-state index contributed by atoms with van der Waals surface area (Å²) < 4.78 is 10.6. The monoisotopic (exact) mass is 248 g/mol. The fourth-order valence-electron chi connectivity index (χ4n) is 1.45. The van der Waals surface area contributed by atoms with Crippen molar-refractivity contribution < 1.29 is 9.26 Å². The fourth-order valence-corrected chi connectivity index (χ4v) is 1.45. The van der Waals surface area contributed by atoms with E-state index in [1.807, 2.05) is 31.1 Å². The van der Waals surface area contributed by atoms with Crippen LogP contribution >= 0.6 is 0 Å². The van der Waals surface area contributed by atoms with Gasteiger partial charge < -0.3 is 19.9 Å². The molecule has 2 aromatic rings. The third-order valence-electron chi connectivity index (χ3n) is 2.24. The normalized spacial score (nSPS) is 10.8. The van der Waals surface area contributed by atoms with E-state index < -0.39 is 0 Å². The summed E-state index contributed by atoms with van der Waals surface area (Å²) in [5, 5.41) is 3.85. The second-order valence-electron chi connectivity index (χ2n) is 4.17. The minimum Gasteiger partial charge on any atom is -0.482 e. The number of aromatic nitrogens is 2. The Morgan fingerprint density at radius 3 is 2.83 bits per heavy atom. The second kappa shape index (κ2) is 5.50. The van der Waals surface area contributed by atoms with Crippen molar-refractivity contribution in [1.29, 1.82) is 0 Å². The van der Waals surface area contributed by atoms with Crippen molar-refractivity contribution in [3.8, 4) is 5.75 Å². The highest BCUT2D eigenvalue weighted by Gasteiger charge is 2.08. The average Bonchev–Trinajstić information content (AvgIpc) is 2.75. The molecule has 0 unspecified atom stereocenters. The molecule has 96 valence electrons. The van der Waals surface area contributed by atoms with Crippen LogP contribution in [0.2, 0.25) is 0 Å². The third kappa shape index (κ3) is 3.21. The summed E-state index contributed by atoms with van der Waals surface area (Å²) in [5.41, 5.74) is 6.35. The summed E-state index contributed by atoms with van der Waals surface area (Å²) in [4.78, 5) is 6.17. The van der Waals surface area contributed by atoms with Gasteiger partial charge >= 0.3 is 0 Å². The maximum Gasteiger partial charge on any atom is 0.264 e. The van der Waals surface area contributed by atoms with Gasteiger partial charge in [-0.05, 0) is 26.2 Å². The van der Waals surface area contributed by atoms with Gasteiger partial charge in [0.2, 0.25) is 0 Å². The molecule has 0 bridgehead atoms. The number of anilines is 1. The molecule has 1 aromatic heterocycles. The molecule has 0 saturated heterocycles. The first-order valence-corrected chi connectivity index (χ1v) is 5.58. The van der Waals surface area contributed by atoms with Gasteiger partial charge in [-0.15, -0.1) is 0 Å². The quantitative estimate of drug-likeness (QED) is 0.803. The molecule has 2 rings (SSSR count). The molecular weight excluding hydrogens is 232 g/mol. The predicted molar refractivity (Wildman–Crippen MR) is 66.9 cm³/mol. The van der Waals surface area contributed by atoms with E-state index in [2.05, 4.69) is 10.1 Å². The SMILES string of the molecule is CN(C)Cc1noc(COc2ccccc2N)n1. The molecule has 18 heavy (non-hydrogen) atoms. The Bertz CT molecular complexity index is 510. The number of rotatable bonds is 5. The molecule has 0 saturated carbocycles. The van der Waals surface area contributed by atoms with Gasteiger partial charge in [0.15, 0.2) is 12.4 Å². The Morgan fingerprint density at radius 1 is 1.33 bits per heavy atom. The standard InChI is InChI=1S/C12H16N4O2/c1-16(2)7-11-14-12(18-15-11)8-17-10-6-4-3-5-9(10)13/h3-6H,7-8,13H2,1-2H3. The van der Waals surface area contributed by atoms with E-state index in [-0.39, 0.29) is 6.61 Å². The molecule has 1 aromatic carbocycles. The van der Waals surface area contributed by atoms with Crippen LogP contribution in [0.3, 0.4) is 0 Å². The van der Waals surface area contributed by atoms with Crippen LogP contribution in [0.15, 0.2) is 28.8 Å². The molecule has 6 nitrogen and oxygen atoms in total. The number of benzene rings is 1. The van der Waals surface area contributed by atoms with E-state index in [1.165, 1.54) is 0 Å². The van der Waals surface area contributed by atoms with Crippen molar-refractivity contribution in [1.82, 2.24) is 15.0 Å². The number of nitrogens with two attached hydrogens (primary N) is 1. The van der Waals surface area contributed by atoms with Gasteiger partial charge in [-0.2, -0.15) is 4.98 Å². The third-order valence-corrected chi connectivity index (χ3v) is 2.24. The fraction of sp³-hybridized carbons (Fsp3) is 0.333. The van der Waals surface area contributed by atoms with Crippen molar-refractivity contribution in [3.05, 3.63) is 36.0 Å². The molecule has 6 heteroatoms. The first kappa shape index (κ1) is 12.4. The highest BCUT2D eigenvalue weighted by atomic mass is 16.5. The van der Waals surface area contributed by atoms with Crippen LogP contribution in [0.5, 0.6) is 5.75 Å². The van der Waals surface area contributed by atoms with Crippen molar-refractivity contribution in [2.45, 2.75) is 13.2 Å². The number of hydrogen-bond acceptors (Lipinski definition) is 6. The van der Waals surface area contributed by atoms with Crippen LogP contribution in [0, 0.1) is 0 Å². The van der Waals surface area contributed by atoms with E-state index in [0.29, 0.717) is 29.7 Å². The Morgan fingerprint density at radius 2 is 2.11 bits per heavy atom. The average molecular weight is 248 g/mol. The summed E-state index contributed by atoms with van der Waals surface area (Å²) in [6.07, 6.45) is 0. The van der Waals surface area contributed by atoms with Gasteiger partial charge in [0, 0.05) is 0 Å². The summed E-state index contributed by atoms with van der Waals surface area (Å²) in [6.45, 7) is 0.853. The number of nitrogens with zero attached hydrogens (tertiary/aromatic N) is 3. The molecule has 1 heterocycles. The molecule has 2 N–H and O–H groups in total. The maximum absolute atomic E-state index is 5.76. The molecule has 0 amide bonds. The zero-order chi connectivity index (χ0) is 13.0. The first-order valence-electron chi connectivity index (χ1n) is 5.58. The molecule has 0 spiro atoms. The van der Waals surface area contributed by atoms with Gasteiger partial charge in [-0.25, -0.2) is 0 Å². The lowest BCUT2D eigenvalue weighted by Crippen LogP contribution is -2.11. The summed E-state index contributed by atoms with van der Waals surface area (Å²) >= 11 is 0. The molecule has 0 aliphatic carbocycles. The van der Waals surface area contributed by atoms with E-state index in [9.17, 15) is 0 Å². The van der Waals surface area contributed by atoms with Gasteiger partial charge in [0.25, 0.3) is 5.89 Å². The van der Waals surface area contributed by atoms with E-state index in [4.69, 9.17) is 15.0 Å².